The Hall–Kier alpha value is -2.05. The molecule has 0 saturated heterocycles. The number of urea groups is 1. The summed E-state index contributed by atoms with van der Waals surface area (Å²) in [5, 5.41) is 11.5. The second-order valence-corrected chi connectivity index (χ2v) is 3.23. The second-order valence-electron chi connectivity index (χ2n) is 3.23. The van der Waals surface area contributed by atoms with Crippen LogP contribution in [-0.4, -0.2) is 41.2 Å². The first-order valence-electron chi connectivity index (χ1n) is 5.03. The molecule has 0 heterocycles. The van der Waals surface area contributed by atoms with Crippen LogP contribution in [0.4, 0.5) is 4.79 Å². The molecule has 0 aromatic rings. The van der Waals surface area contributed by atoms with Crippen LogP contribution in [0, 0.1) is 0 Å². The number of nitrogens with one attached hydrogen (secondary N) is 1. The van der Waals surface area contributed by atoms with Crippen LogP contribution in [0.15, 0.2) is 12.2 Å². The van der Waals surface area contributed by atoms with E-state index in [4.69, 9.17) is 9.94 Å². The molecule has 0 aromatic heterocycles. The van der Waals surface area contributed by atoms with Crippen LogP contribution in [0.2, 0.25) is 0 Å². The number of hydrogen-bond donors (Lipinski definition) is 2. The standard InChI is InChI=1S/C10H16N2O5/c1-4-12(17-9(15)7(2)3)10(16)11-6-5-8(13)14/h2,4-6H2,1,3H3,(H,11,16)(H,13,14). The Bertz CT molecular complexity index is 327. The monoisotopic (exact) mass is 244 g/mol. The van der Waals surface area contributed by atoms with Gasteiger partial charge in [-0.25, -0.2) is 9.59 Å². The molecule has 2 amide bonds. The average molecular weight is 244 g/mol. The van der Waals surface area contributed by atoms with Gasteiger partial charge in [-0.1, -0.05) is 6.58 Å². The predicted molar refractivity (Wildman–Crippen MR) is 58.9 cm³/mol. The van der Waals surface area contributed by atoms with Gasteiger partial charge in [-0.3, -0.25) is 4.79 Å². The van der Waals surface area contributed by atoms with Crippen molar-refractivity contribution in [1.82, 2.24) is 10.4 Å². The Morgan fingerprint density at radius 2 is 2.00 bits per heavy atom. The lowest BCUT2D eigenvalue weighted by atomic mass is 10.4. The van der Waals surface area contributed by atoms with E-state index >= 15 is 0 Å². The summed E-state index contributed by atoms with van der Waals surface area (Å²) in [6.07, 6.45) is -0.197. The maximum atomic E-state index is 11.4. The first-order chi connectivity index (χ1) is 7.88. The summed E-state index contributed by atoms with van der Waals surface area (Å²) in [4.78, 5) is 37.5. The van der Waals surface area contributed by atoms with E-state index in [2.05, 4.69) is 11.9 Å². The van der Waals surface area contributed by atoms with Crippen LogP contribution in [0.5, 0.6) is 0 Å². The third-order valence-electron chi connectivity index (χ3n) is 1.67. The molecule has 0 saturated carbocycles. The van der Waals surface area contributed by atoms with E-state index in [9.17, 15) is 14.4 Å². The van der Waals surface area contributed by atoms with Gasteiger partial charge in [-0.05, 0) is 13.8 Å². The Labute approximate surface area is 99.0 Å². The summed E-state index contributed by atoms with van der Waals surface area (Å²) in [6, 6.07) is -0.664. The number of amides is 2. The van der Waals surface area contributed by atoms with Crippen molar-refractivity contribution in [2.24, 2.45) is 0 Å². The van der Waals surface area contributed by atoms with Crippen molar-refractivity contribution >= 4 is 18.0 Å². The molecular weight excluding hydrogens is 228 g/mol. The van der Waals surface area contributed by atoms with Gasteiger partial charge in [0.05, 0.1) is 13.0 Å². The molecule has 0 atom stereocenters. The molecule has 0 aliphatic carbocycles. The summed E-state index contributed by atoms with van der Waals surface area (Å²) in [5.41, 5.74) is 0.168. The van der Waals surface area contributed by atoms with Crippen LogP contribution < -0.4 is 5.32 Å². The number of carboxylic acids is 1. The lowest BCUT2D eigenvalue weighted by Gasteiger charge is -2.19. The second kappa shape index (κ2) is 7.26. The van der Waals surface area contributed by atoms with E-state index in [1.54, 1.807) is 6.92 Å². The van der Waals surface area contributed by atoms with Gasteiger partial charge in [0.2, 0.25) is 0 Å². The van der Waals surface area contributed by atoms with Crippen molar-refractivity contribution in [3.8, 4) is 0 Å². The summed E-state index contributed by atoms with van der Waals surface area (Å²) in [5.74, 6) is -1.73. The number of aliphatic carboxylic acids is 1. The van der Waals surface area contributed by atoms with Gasteiger partial charge >= 0.3 is 18.0 Å². The van der Waals surface area contributed by atoms with Crippen LogP contribution >= 0.6 is 0 Å². The molecule has 0 rings (SSSR count). The number of rotatable bonds is 5. The largest absolute Gasteiger partial charge is 0.481 e. The Kier molecular flexibility index (Phi) is 6.39. The van der Waals surface area contributed by atoms with E-state index in [1.165, 1.54) is 6.92 Å². The molecular formula is C10H16N2O5. The van der Waals surface area contributed by atoms with Crippen LogP contribution in [0.25, 0.3) is 0 Å². The quantitative estimate of drug-likeness (QED) is 0.543. The van der Waals surface area contributed by atoms with E-state index in [-0.39, 0.29) is 25.1 Å². The third kappa shape index (κ3) is 6.18. The van der Waals surface area contributed by atoms with Gasteiger partial charge in [-0.15, -0.1) is 0 Å². The number of nitrogens with zero attached hydrogens (tertiary/aromatic N) is 1. The number of carbonyl (C=O) groups is 3. The van der Waals surface area contributed by atoms with E-state index in [0.717, 1.165) is 5.06 Å². The third-order valence-corrected chi connectivity index (χ3v) is 1.67. The lowest BCUT2D eigenvalue weighted by molar-refractivity contribution is -0.170. The molecule has 7 nitrogen and oxygen atoms in total. The van der Waals surface area contributed by atoms with Gasteiger partial charge in [0.25, 0.3) is 0 Å². The number of hydrogen-bond acceptors (Lipinski definition) is 4. The molecule has 7 heteroatoms. The Morgan fingerprint density at radius 3 is 2.41 bits per heavy atom. The van der Waals surface area contributed by atoms with Crippen molar-refractivity contribution < 1.29 is 24.3 Å². The first kappa shape index (κ1) is 14.9. The smallest absolute Gasteiger partial charge is 0.358 e. The Balaban J connectivity index is 4.17. The van der Waals surface area contributed by atoms with Gasteiger partial charge in [0.15, 0.2) is 0 Å². The minimum absolute atomic E-state index is 0.0325. The molecule has 17 heavy (non-hydrogen) atoms. The fourth-order valence-electron chi connectivity index (χ4n) is 0.792. The SMILES string of the molecule is C=C(C)C(=O)ON(CC)C(=O)NCCC(=O)O. The van der Waals surface area contributed by atoms with Gasteiger partial charge in [0, 0.05) is 12.1 Å². The maximum absolute atomic E-state index is 11.4. The Morgan fingerprint density at radius 1 is 1.41 bits per heavy atom. The molecule has 0 unspecified atom stereocenters. The summed E-state index contributed by atoms with van der Waals surface area (Å²) < 4.78 is 0. The minimum Gasteiger partial charge on any atom is -0.481 e. The summed E-state index contributed by atoms with van der Waals surface area (Å²) >= 11 is 0. The van der Waals surface area contributed by atoms with Gasteiger partial charge in [0.1, 0.15) is 0 Å². The highest BCUT2D eigenvalue weighted by molar-refractivity contribution is 5.88. The summed E-state index contributed by atoms with van der Waals surface area (Å²) in [7, 11) is 0. The number of hydroxylamine groups is 2. The maximum Gasteiger partial charge on any atom is 0.358 e. The lowest BCUT2D eigenvalue weighted by Crippen LogP contribution is -2.42. The molecule has 0 aliphatic heterocycles. The van der Waals surface area contributed by atoms with Crippen molar-refractivity contribution in [2.45, 2.75) is 20.3 Å². The molecule has 96 valence electrons. The van der Waals surface area contributed by atoms with Crippen molar-refractivity contribution in [2.75, 3.05) is 13.1 Å². The summed E-state index contributed by atoms with van der Waals surface area (Å²) in [6.45, 7) is 6.57. The molecule has 0 spiro atoms. The van der Waals surface area contributed by atoms with Crippen molar-refractivity contribution in [3.63, 3.8) is 0 Å². The number of carbonyl (C=O) groups excluding carboxylic acids is 2. The van der Waals surface area contributed by atoms with E-state index in [0.29, 0.717) is 0 Å². The fourth-order valence-corrected chi connectivity index (χ4v) is 0.792. The van der Waals surface area contributed by atoms with Crippen LogP contribution in [-0.2, 0) is 14.4 Å². The normalized spacial score (nSPS) is 9.29. The molecule has 2 N–H and O–H groups in total. The van der Waals surface area contributed by atoms with Crippen LogP contribution in [0.1, 0.15) is 20.3 Å². The van der Waals surface area contributed by atoms with E-state index in [1.807, 2.05) is 0 Å². The molecule has 0 fully saturated rings. The van der Waals surface area contributed by atoms with Crippen molar-refractivity contribution in [1.29, 1.82) is 0 Å². The van der Waals surface area contributed by atoms with Gasteiger partial charge in [-0.2, -0.15) is 5.06 Å². The fraction of sp³-hybridized carbons (Fsp3) is 0.500. The zero-order valence-corrected chi connectivity index (χ0v) is 9.86. The molecule has 0 aromatic carbocycles. The zero-order chi connectivity index (χ0) is 13.4. The molecule has 0 radical (unpaired) electrons. The highest BCUT2D eigenvalue weighted by Crippen LogP contribution is 1.98. The van der Waals surface area contributed by atoms with Crippen molar-refractivity contribution in [3.05, 3.63) is 12.2 Å². The molecule has 0 aliphatic rings. The van der Waals surface area contributed by atoms with Crippen LogP contribution in [0.3, 0.4) is 0 Å². The minimum atomic E-state index is -1.02. The van der Waals surface area contributed by atoms with Gasteiger partial charge < -0.3 is 15.3 Å². The highest BCUT2D eigenvalue weighted by Gasteiger charge is 2.16. The number of carboxylic acid groups (broad SMARTS) is 1. The topological polar surface area (TPSA) is 95.9 Å². The predicted octanol–water partition coefficient (Wildman–Crippen LogP) is 0.527. The zero-order valence-electron chi connectivity index (χ0n) is 9.86. The molecule has 0 bridgehead atoms. The first-order valence-corrected chi connectivity index (χ1v) is 5.03. The average Bonchev–Trinajstić information content (AvgIpc) is 2.24. The highest BCUT2D eigenvalue weighted by atomic mass is 16.7. The van der Waals surface area contributed by atoms with E-state index < -0.39 is 18.0 Å².